The Hall–Kier alpha value is -3.49. The van der Waals surface area contributed by atoms with Crippen molar-refractivity contribution in [2.24, 2.45) is 0 Å². The number of esters is 1. The molecule has 0 aromatic heterocycles. The number of β-lactam (4-membered cyclic amide) rings is 1. The van der Waals surface area contributed by atoms with Crippen molar-refractivity contribution in [1.29, 1.82) is 0 Å². The van der Waals surface area contributed by atoms with E-state index in [1.54, 1.807) is 11.8 Å². The number of fused-ring (bicyclic) bond motifs is 1. The molecule has 188 valence electrons. The maximum Gasteiger partial charge on any atom is 0.356 e. The Labute approximate surface area is 224 Å². The third kappa shape index (κ3) is 5.31. The summed E-state index contributed by atoms with van der Waals surface area (Å²) in [5.41, 5.74) is 2.83. The molecule has 1 N–H and O–H groups in total. The minimum atomic E-state index is -0.675. The molecule has 3 aromatic carbocycles. The van der Waals surface area contributed by atoms with Crippen molar-refractivity contribution in [2.45, 2.75) is 23.9 Å². The summed E-state index contributed by atoms with van der Waals surface area (Å²) in [6, 6.07) is 27.8. The van der Waals surface area contributed by atoms with Crippen molar-refractivity contribution in [3.05, 3.63) is 118 Å². The van der Waals surface area contributed by atoms with Gasteiger partial charge in [-0.3, -0.25) is 14.5 Å². The van der Waals surface area contributed by atoms with E-state index in [9.17, 15) is 14.4 Å². The van der Waals surface area contributed by atoms with Crippen molar-refractivity contribution in [1.82, 2.24) is 10.2 Å². The predicted octanol–water partition coefficient (Wildman–Crippen LogP) is 4.54. The molecule has 3 aromatic rings. The number of amides is 2. The standard InChI is InChI=1S/C29H26N2O4S2/c1-36-22-18-37-28-24(30-23(32)17-19-11-5-2-6-12-19)27(33)31(28)25(22)29(34)35-26(20-13-7-3-8-14-20)21-15-9-4-10-16-21/h2-16,24,26,28H,17-18H2,1H3,(H,30,32)/t24?,28-/m1/s1. The third-order valence-electron chi connectivity index (χ3n) is 6.33. The van der Waals surface area contributed by atoms with E-state index in [1.165, 1.54) is 16.7 Å². The van der Waals surface area contributed by atoms with Crippen LogP contribution in [-0.4, -0.2) is 46.1 Å². The Morgan fingerprint density at radius 3 is 2.11 bits per heavy atom. The van der Waals surface area contributed by atoms with E-state index in [4.69, 9.17) is 4.74 Å². The lowest BCUT2D eigenvalue weighted by molar-refractivity contribution is -0.154. The Morgan fingerprint density at radius 2 is 1.54 bits per heavy atom. The van der Waals surface area contributed by atoms with E-state index in [0.717, 1.165) is 21.6 Å². The molecule has 8 heteroatoms. The molecule has 37 heavy (non-hydrogen) atoms. The van der Waals surface area contributed by atoms with Crippen molar-refractivity contribution in [3.63, 3.8) is 0 Å². The first-order chi connectivity index (χ1) is 18.1. The normalized spacial score (nSPS) is 18.8. The van der Waals surface area contributed by atoms with Crippen LogP contribution in [0.2, 0.25) is 0 Å². The van der Waals surface area contributed by atoms with Crippen LogP contribution in [0.4, 0.5) is 0 Å². The second-order valence-electron chi connectivity index (χ2n) is 8.70. The molecule has 2 atom stereocenters. The molecule has 1 unspecified atom stereocenters. The van der Waals surface area contributed by atoms with Crippen LogP contribution in [0.15, 0.2) is 102 Å². The fourth-order valence-electron chi connectivity index (χ4n) is 4.49. The van der Waals surface area contributed by atoms with Gasteiger partial charge in [0.25, 0.3) is 5.91 Å². The van der Waals surface area contributed by atoms with Crippen molar-refractivity contribution >= 4 is 41.3 Å². The minimum absolute atomic E-state index is 0.193. The van der Waals surface area contributed by atoms with E-state index >= 15 is 0 Å². The average Bonchev–Trinajstić information content (AvgIpc) is 2.95. The number of nitrogens with zero attached hydrogens (tertiary/aromatic N) is 1. The Bertz CT molecular complexity index is 1280. The molecule has 0 aliphatic carbocycles. The van der Waals surface area contributed by atoms with Gasteiger partial charge < -0.3 is 10.1 Å². The summed E-state index contributed by atoms with van der Waals surface area (Å²) in [4.78, 5) is 41.8. The van der Waals surface area contributed by atoms with Crippen LogP contribution < -0.4 is 5.32 Å². The highest BCUT2D eigenvalue weighted by Gasteiger charge is 2.54. The fourth-order valence-corrected chi connectivity index (χ4v) is 6.73. The Kier molecular flexibility index (Phi) is 7.67. The van der Waals surface area contributed by atoms with Gasteiger partial charge in [-0.15, -0.1) is 23.5 Å². The number of ether oxygens (including phenoxy) is 1. The van der Waals surface area contributed by atoms with Crippen LogP contribution in [0.1, 0.15) is 22.8 Å². The number of hydrogen-bond donors (Lipinski definition) is 1. The summed E-state index contributed by atoms with van der Waals surface area (Å²) >= 11 is 2.98. The number of nitrogens with one attached hydrogen (secondary N) is 1. The monoisotopic (exact) mass is 530 g/mol. The van der Waals surface area contributed by atoms with Gasteiger partial charge in [0.1, 0.15) is 17.1 Å². The van der Waals surface area contributed by atoms with Crippen LogP contribution in [0.3, 0.4) is 0 Å². The average molecular weight is 531 g/mol. The van der Waals surface area contributed by atoms with Crippen molar-refractivity contribution in [2.75, 3.05) is 12.0 Å². The maximum absolute atomic E-state index is 13.6. The molecule has 2 amide bonds. The highest BCUT2D eigenvalue weighted by atomic mass is 32.2. The van der Waals surface area contributed by atoms with Gasteiger partial charge in [-0.2, -0.15) is 0 Å². The molecular formula is C29H26N2O4S2. The summed E-state index contributed by atoms with van der Waals surface area (Å²) in [6.07, 6.45) is 1.47. The van der Waals surface area contributed by atoms with Gasteiger partial charge in [-0.1, -0.05) is 91.0 Å². The maximum atomic E-state index is 13.6. The zero-order valence-electron chi connectivity index (χ0n) is 20.2. The van der Waals surface area contributed by atoms with E-state index in [0.29, 0.717) is 5.75 Å². The number of thioether (sulfide) groups is 2. The molecular weight excluding hydrogens is 504 g/mol. The van der Waals surface area contributed by atoms with Gasteiger partial charge in [-0.25, -0.2) is 4.79 Å². The molecule has 0 radical (unpaired) electrons. The SMILES string of the molecule is CSC1=C(C(=O)OC(c2ccccc2)c2ccccc2)N2C(=O)C(NC(=O)Cc3ccccc3)[C@H]2SC1. The van der Waals surface area contributed by atoms with Gasteiger partial charge in [-0.05, 0) is 22.9 Å². The van der Waals surface area contributed by atoms with E-state index < -0.39 is 18.1 Å². The zero-order valence-corrected chi connectivity index (χ0v) is 21.8. The van der Waals surface area contributed by atoms with Crippen molar-refractivity contribution < 1.29 is 19.1 Å². The third-order valence-corrected chi connectivity index (χ3v) is 8.62. The summed E-state index contributed by atoms with van der Waals surface area (Å²) in [5, 5.41) is 2.52. The number of hydrogen-bond acceptors (Lipinski definition) is 6. The summed E-state index contributed by atoms with van der Waals surface area (Å²) < 4.78 is 6.09. The Balaban J connectivity index is 1.35. The molecule has 5 rings (SSSR count). The largest absolute Gasteiger partial charge is 0.448 e. The molecule has 0 saturated carbocycles. The van der Waals surface area contributed by atoms with Crippen LogP contribution in [0, 0.1) is 0 Å². The van der Waals surface area contributed by atoms with Gasteiger partial charge in [0, 0.05) is 10.7 Å². The van der Waals surface area contributed by atoms with E-state index in [1.807, 2.05) is 97.3 Å². The molecule has 1 fully saturated rings. The first-order valence-corrected chi connectivity index (χ1v) is 14.2. The number of benzene rings is 3. The van der Waals surface area contributed by atoms with Crippen LogP contribution >= 0.6 is 23.5 Å². The van der Waals surface area contributed by atoms with Gasteiger partial charge in [0.2, 0.25) is 5.91 Å². The molecule has 2 aliphatic heterocycles. The van der Waals surface area contributed by atoms with Crippen LogP contribution in [-0.2, 0) is 25.5 Å². The summed E-state index contributed by atoms with van der Waals surface area (Å²) in [6.45, 7) is 0. The van der Waals surface area contributed by atoms with E-state index in [-0.39, 0.29) is 29.3 Å². The van der Waals surface area contributed by atoms with E-state index in [2.05, 4.69) is 5.32 Å². The van der Waals surface area contributed by atoms with Gasteiger partial charge in [0.15, 0.2) is 6.10 Å². The van der Waals surface area contributed by atoms with Crippen LogP contribution in [0.5, 0.6) is 0 Å². The topological polar surface area (TPSA) is 75.7 Å². The first kappa shape index (κ1) is 25.2. The molecule has 6 nitrogen and oxygen atoms in total. The van der Waals surface area contributed by atoms with Gasteiger partial charge >= 0.3 is 5.97 Å². The number of carbonyl (C=O) groups excluding carboxylic acids is 3. The molecule has 1 saturated heterocycles. The Morgan fingerprint density at radius 1 is 0.973 bits per heavy atom. The summed E-state index contributed by atoms with van der Waals surface area (Å²) in [5.74, 6) is -0.503. The first-order valence-electron chi connectivity index (χ1n) is 11.9. The highest BCUT2D eigenvalue weighted by Crippen LogP contribution is 2.44. The lowest BCUT2D eigenvalue weighted by Crippen LogP contribution is -2.70. The lowest BCUT2D eigenvalue weighted by Gasteiger charge is -2.49. The lowest BCUT2D eigenvalue weighted by atomic mass is 10.0. The second-order valence-corrected chi connectivity index (χ2v) is 10.7. The highest BCUT2D eigenvalue weighted by molar-refractivity contribution is 8.05. The number of carbonyl (C=O) groups is 3. The molecule has 2 heterocycles. The number of rotatable bonds is 8. The van der Waals surface area contributed by atoms with Gasteiger partial charge in [0.05, 0.1) is 6.42 Å². The van der Waals surface area contributed by atoms with Crippen molar-refractivity contribution in [3.8, 4) is 0 Å². The molecule has 2 aliphatic rings. The predicted molar refractivity (Wildman–Crippen MR) is 147 cm³/mol. The molecule has 0 bridgehead atoms. The molecule has 0 spiro atoms. The second kappa shape index (κ2) is 11.3. The quantitative estimate of drug-likeness (QED) is 0.341. The minimum Gasteiger partial charge on any atom is -0.448 e. The van der Waals surface area contributed by atoms with Crippen LogP contribution in [0.25, 0.3) is 0 Å². The smallest absolute Gasteiger partial charge is 0.356 e. The summed E-state index contributed by atoms with van der Waals surface area (Å²) in [7, 11) is 0. The zero-order chi connectivity index (χ0) is 25.8. The fraction of sp³-hybridized carbons (Fsp3) is 0.207.